The second-order valence-corrected chi connectivity index (χ2v) is 5.96. The van der Waals surface area contributed by atoms with Crippen molar-refractivity contribution in [1.29, 1.82) is 0 Å². The van der Waals surface area contributed by atoms with Gasteiger partial charge >= 0.3 is 0 Å². The molecule has 3 amide bonds. The van der Waals surface area contributed by atoms with E-state index in [1.54, 1.807) is 0 Å². The lowest BCUT2D eigenvalue weighted by Crippen LogP contribution is -2.34. The number of imide groups is 1. The normalized spacial score (nSPS) is 25.9. The zero-order valence-electron chi connectivity index (χ0n) is 12.8. The van der Waals surface area contributed by atoms with Crippen molar-refractivity contribution in [3.63, 3.8) is 0 Å². The number of hydrogen-bond donors (Lipinski definition) is 1. The second-order valence-electron chi connectivity index (χ2n) is 5.96. The van der Waals surface area contributed by atoms with Gasteiger partial charge in [-0.1, -0.05) is 19.1 Å². The van der Waals surface area contributed by atoms with Gasteiger partial charge in [-0.3, -0.25) is 19.3 Å². The summed E-state index contributed by atoms with van der Waals surface area (Å²) >= 11 is 0. The molecule has 0 saturated carbocycles. The fourth-order valence-electron chi connectivity index (χ4n) is 2.94. The Morgan fingerprint density at radius 1 is 1.29 bits per heavy atom. The number of amides is 3. The van der Waals surface area contributed by atoms with Gasteiger partial charge in [0, 0.05) is 19.0 Å². The van der Waals surface area contributed by atoms with Crippen LogP contribution in [0, 0.1) is 11.8 Å². The van der Waals surface area contributed by atoms with Crippen LogP contribution in [0.2, 0.25) is 0 Å². The minimum absolute atomic E-state index is 0.0115. The van der Waals surface area contributed by atoms with Crippen molar-refractivity contribution in [3.05, 3.63) is 12.2 Å². The Labute approximate surface area is 125 Å². The van der Waals surface area contributed by atoms with Crippen molar-refractivity contribution in [2.24, 2.45) is 11.8 Å². The molecule has 5 nitrogen and oxygen atoms in total. The van der Waals surface area contributed by atoms with E-state index in [1.165, 1.54) is 4.90 Å². The van der Waals surface area contributed by atoms with E-state index in [2.05, 4.69) is 5.32 Å². The molecule has 1 fully saturated rings. The van der Waals surface area contributed by atoms with Crippen LogP contribution in [0.1, 0.15) is 46.0 Å². The number of carbonyl (C=O) groups excluding carboxylic acids is 3. The monoisotopic (exact) mass is 292 g/mol. The lowest BCUT2D eigenvalue weighted by molar-refractivity contribution is -0.140. The molecule has 0 bridgehead atoms. The zero-order chi connectivity index (χ0) is 15.4. The van der Waals surface area contributed by atoms with Gasteiger partial charge in [0.2, 0.25) is 17.7 Å². The summed E-state index contributed by atoms with van der Waals surface area (Å²) in [4.78, 5) is 37.5. The van der Waals surface area contributed by atoms with Gasteiger partial charge in [0.1, 0.15) is 0 Å². The van der Waals surface area contributed by atoms with E-state index < -0.39 is 0 Å². The van der Waals surface area contributed by atoms with Crippen molar-refractivity contribution in [3.8, 4) is 0 Å². The molecule has 0 aromatic rings. The van der Waals surface area contributed by atoms with Gasteiger partial charge in [-0.15, -0.1) is 0 Å². The standard InChI is InChI=1S/C16H24N2O3/c1-3-11(2)17-14(19)9-6-10-18-15(20)12-7-4-5-8-13(12)16(18)21/h4-5,11-13H,3,6-10H2,1-2H3,(H,17,19)/t11-,12-,13+/m1/s1. The Balaban J connectivity index is 1.80. The molecule has 0 aromatic carbocycles. The van der Waals surface area contributed by atoms with E-state index in [0.29, 0.717) is 32.2 Å². The molecule has 1 aliphatic carbocycles. The van der Waals surface area contributed by atoms with E-state index in [9.17, 15) is 14.4 Å². The lowest BCUT2D eigenvalue weighted by Gasteiger charge is -2.15. The molecule has 0 aromatic heterocycles. The molecule has 0 spiro atoms. The Bertz CT molecular complexity index is 432. The average Bonchev–Trinajstić information content (AvgIpc) is 2.72. The van der Waals surface area contributed by atoms with E-state index >= 15 is 0 Å². The van der Waals surface area contributed by atoms with Crippen LogP contribution < -0.4 is 5.32 Å². The highest BCUT2D eigenvalue weighted by Crippen LogP contribution is 2.35. The summed E-state index contributed by atoms with van der Waals surface area (Å²) in [5.74, 6) is -0.469. The largest absolute Gasteiger partial charge is 0.354 e. The van der Waals surface area contributed by atoms with Crippen LogP contribution >= 0.6 is 0 Å². The summed E-state index contributed by atoms with van der Waals surface area (Å²) in [7, 11) is 0. The van der Waals surface area contributed by atoms with E-state index in [4.69, 9.17) is 0 Å². The Kier molecular flexibility index (Phi) is 5.15. The summed E-state index contributed by atoms with van der Waals surface area (Å²) < 4.78 is 0. The van der Waals surface area contributed by atoms with E-state index in [1.807, 2.05) is 26.0 Å². The SMILES string of the molecule is CC[C@@H](C)NC(=O)CCCN1C(=O)[C@H]2CC=CC[C@H]2C1=O. The van der Waals surface area contributed by atoms with Crippen molar-refractivity contribution in [1.82, 2.24) is 10.2 Å². The van der Waals surface area contributed by atoms with Crippen molar-refractivity contribution in [2.75, 3.05) is 6.54 Å². The molecule has 1 heterocycles. The zero-order valence-corrected chi connectivity index (χ0v) is 12.8. The molecular weight excluding hydrogens is 268 g/mol. The van der Waals surface area contributed by atoms with Gasteiger partial charge in [0.25, 0.3) is 0 Å². The first kappa shape index (κ1) is 15.7. The maximum Gasteiger partial charge on any atom is 0.233 e. The van der Waals surface area contributed by atoms with Gasteiger partial charge in [-0.2, -0.15) is 0 Å². The molecule has 2 aliphatic rings. The third-order valence-corrected chi connectivity index (χ3v) is 4.40. The number of fused-ring (bicyclic) bond motifs is 1. The number of hydrogen-bond acceptors (Lipinski definition) is 3. The fourth-order valence-corrected chi connectivity index (χ4v) is 2.94. The summed E-state index contributed by atoms with van der Waals surface area (Å²) in [6.07, 6.45) is 7.08. The Morgan fingerprint density at radius 3 is 2.38 bits per heavy atom. The molecule has 0 radical (unpaired) electrons. The van der Waals surface area contributed by atoms with Gasteiger partial charge < -0.3 is 5.32 Å². The first-order valence-electron chi connectivity index (χ1n) is 7.84. The molecule has 1 aliphatic heterocycles. The first-order chi connectivity index (χ1) is 10.0. The average molecular weight is 292 g/mol. The van der Waals surface area contributed by atoms with Crippen molar-refractivity contribution < 1.29 is 14.4 Å². The molecule has 116 valence electrons. The molecule has 3 atom stereocenters. The molecule has 1 N–H and O–H groups in total. The van der Waals surface area contributed by atoms with Crippen LogP contribution in [-0.4, -0.2) is 35.2 Å². The Hall–Kier alpha value is -1.65. The van der Waals surface area contributed by atoms with Crippen LogP contribution in [0.5, 0.6) is 0 Å². The van der Waals surface area contributed by atoms with Crippen LogP contribution in [0.25, 0.3) is 0 Å². The van der Waals surface area contributed by atoms with Gasteiger partial charge in [-0.05, 0) is 32.6 Å². The molecular formula is C16H24N2O3. The summed E-state index contributed by atoms with van der Waals surface area (Å²) in [5.41, 5.74) is 0. The van der Waals surface area contributed by atoms with Gasteiger partial charge in [0.05, 0.1) is 11.8 Å². The third-order valence-electron chi connectivity index (χ3n) is 4.40. The lowest BCUT2D eigenvalue weighted by atomic mass is 9.85. The van der Waals surface area contributed by atoms with Crippen LogP contribution in [0.3, 0.4) is 0 Å². The van der Waals surface area contributed by atoms with Crippen LogP contribution in [0.15, 0.2) is 12.2 Å². The summed E-state index contributed by atoms with van der Waals surface area (Å²) in [6.45, 7) is 4.34. The quantitative estimate of drug-likeness (QED) is 0.598. The van der Waals surface area contributed by atoms with Crippen molar-refractivity contribution >= 4 is 17.7 Å². The predicted molar refractivity (Wildman–Crippen MR) is 79.2 cm³/mol. The number of nitrogens with one attached hydrogen (secondary N) is 1. The van der Waals surface area contributed by atoms with Gasteiger partial charge in [0.15, 0.2) is 0 Å². The van der Waals surface area contributed by atoms with Crippen LogP contribution in [0.4, 0.5) is 0 Å². The maximum atomic E-state index is 12.2. The van der Waals surface area contributed by atoms with E-state index in [0.717, 1.165) is 6.42 Å². The summed E-state index contributed by atoms with van der Waals surface area (Å²) in [6, 6.07) is 0.168. The number of nitrogens with zero attached hydrogens (tertiary/aromatic N) is 1. The molecule has 0 unspecified atom stereocenters. The number of allylic oxidation sites excluding steroid dienone is 2. The predicted octanol–water partition coefficient (Wildman–Crippen LogP) is 1.63. The highest BCUT2D eigenvalue weighted by Gasteiger charge is 2.46. The topological polar surface area (TPSA) is 66.5 Å². The third kappa shape index (κ3) is 3.52. The summed E-state index contributed by atoms with van der Waals surface area (Å²) in [5, 5.41) is 2.89. The smallest absolute Gasteiger partial charge is 0.233 e. The highest BCUT2D eigenvalue weighted by atomic mass is 16.2. The highest BCUT2D eigenvalue weighted by molar-refractivity contribution is 6.05. The number of carbonyl (C=O) groups is 3. The maximum absolute atomic E-state index is 12.2. The van der Waals surface area contributed by atoms with Crippen molar-refractivity contribution in [2.45, 2.75) is 52.0 Å². The van der Waals surface area contributed by atoms with Gasteiger partial charge in [-0.25, -0.2) is 0 Å². The fraction of sp³-hybridized carbons (Fsp3) is 0.688. The first-order valence-corrected chi connectivity index (χ1v) is 7.84. The minimum Gasteiger partial charge on any atom is -0.354 e. The minimum atomic E-state index is -0.170. The molecule has 1 saturated heterocycles. The van der Waals surface area contributed by atoms with E-state index in [-0.39, 0.29) is 35.6 Å². The van der Waals surface area contributed by atoms with Crippen LogP contribution in [-0.2, 0) is 14.4 Å². The molecule has 2 rings (SSSR count). The number of likely N-dealkylation sites (tertiary alicyclic amines) is 1. The second kappa shape index (κ2) is 6.87. The number of rotatable bonds is 6. The molecule has 21 heavy (non-hydrogen) atoms. The Morgan fingerprint density at radius 2 is 1.86 bits per heavy atom. The molecule has 5 heteroatoms.